The van der Waals surface area contributed by atoms with Gasteiger partial charge in [0.2, 0.25) is 8.32 Å². The molecule has 0 aromatic carbocycles. The third-order valence-electron chi connectivity index (χ3n) is 3.28. The lowest BCUT2D eigenvalue weighted by Gasteiger charge is -2.41. The summed E-state index contributed by atoms with van der Waals surface area (Å²) in [6, 6.07) is -0.107. The van der Waals surface area contributed by atoms with Crippen molar-refractivity contribution < 1.29 is 13.6 Å². The summed E-state index contributed by atoms with van der Waals surface area (Å²) in [6.45, 7) is 19.7. The van der Waals surface area contributed by atoms with E-state index < -0.39 is 24.9 Å². The standard InChI is InChI=1S/C14H33NO3Si3/c1-19(2,3)15-12(14(16)18-21(7,8)9)10-11-13(15)17-20(4,5)6/h12-13H,10-11H2,1-9H3/t12-,13?/m0/s1. The Kier molecular flexibility index (Phi) is 5.70. The smallest absolute Gasteiger partial charge is 0.309 e. The molecule has 1 saturated heterocycles. The number of hydrogen-bond donors (Lipinski definition) is 0. The number of carbonyl (C=O) groups excluding carboxylic acids is 1. The maximum atomic E-state index is 12.6. The summed E-state index contributed by atoms with van der Waals surface area (Å²) in [7, 11) is -5.10. The van der Waals surface area contributed by atoms with Gasteiger partial charge in [0, 0.05) is 0 Å². The zero-order chi connectivity index (χ0) is 16.6. The Bertz CT molecular complexity index is 382. The highest BCUT2D eigenvalue weighted by Gasteiger charge is 2.47. The highest BCUT2D eigenvalue weighted by atomic mass is 28.4. The normalized spacial score (nSPS) is 25.2. The summed E-state index contributed by atoms with van der Waals surface area (Å²) < 4.78 is 14.5. The van der Waals surface area contributed by atoms with E-state index in [0.717, 1.165) is 12.8 Å². The van der Waals surface area contributed by atoms with E-state index in [1.165, 1.54) is 0 Å². The van der Waals surface area contributed by atoms with E-state index in [2.05, 4.69) is 63.5 Å². The average molecular weight is 348 g/mol. The molecule has 0 bridgehead atoms. The van der Waals surface area contributed by atoms with Crippen LogP contribution in [-0.2, 0) is 13.6 Å². The Morgan fingerprint density at radius 2 is 1.43 bits per heavy atom. The van der Waals surface area contributed by atoms with E-state index in [0.29, 0.717) is 0 Å². The molecule has 0 aromatic heterocycles. The Hall–Kier alpha value is 0.0406. The molecule has 1 aliphatic heterocycles. The van der Waals surface area contributed by atoms with Crippen LogP contribution in [0.5, 0.6) is 0 Å². The molecule has 21 heavy (non-hydrogen) atoms. The average Bonchev–Trinajstić information content (AvgIpc) is 2.54. The lowest BCUT2D eigenvalue weighted by molar-refractivity contribution is -0.140. The second-order valence-corrected chi connectivity index (χ2v) is 22.6. The van der Waals surface area contributed by atoms with Crippen LogP contribution >= 0.6 is 0 Å². The van der Waals surface area contributed by atoms with Gasteiger partial charge in [-0.05, 0) is 52.1 Å². The van der Waals surface area contributed by atoms with E-state index in [1.807, 2.05) is 0 Å². The van der Waals surface area contributed by atoms with Gasteiger partial charge in [-0.2, -0.15) is 0 Å². The van der Waals surface area contributed by atoms with Crippen LogP contribution in [0.1, 0.15) is 12.8 Å². The van der Waals surface area contributed by atoms with Gasteiger partial charge in [-0.25, -0.2) is 0 Å². The number of rotatable bonds is 5. The Balaban J connectivity index is 2.93. The van der Waals surface area contributed by atoms with Gasteiger partial charge in [-0.3, -0.25) is 9.36 Å². The molecule has 2 atom stereocenters. The van der Waals surface area contributed by atoms with Crippen LogP contribution in [0.2, 0.25) is 58.9 Å². The fourth-order valence-electron chi connectivity index (χ4n) is 2.80. The van der Waals surface area contributed by atoms with Gasteiger partial charge in [0.15, 0.2) is 8.32 Å². The number of hydrogen-bond acceptors (Lipinski definition) is 4. The molecule has 1 aliphatic rings. The molecule has 0 aromatic rings. The van der Waals surface area contributed by atoms with Gasteiger partial charge < -0.3 is 8.85 Å². The van der Waals surface area contributed by atoms with Crippen molar-refractivity contribution in [2.45, 2.75) is 84.0 Å². The van der Waals surface area contributed by atoms with Gasteiger partial charge in [-0.1, -0.05) is 19.6 Å². The maximum Gasteiger partial charge on any atom is 0.309 e. The molecule has 0 amide bonds. The molecule has 1 unspecified atom stereocenters. The van der Waals surface area contributed by atoms with Gasteiger partial charge in [-0.15, -0.1) is 0 Å². The Morgan fingerprint density at radius 1 is 0.905 bits per heavy atom. The molecule has 0 N–H and O–H groups in total. The van der Waals surface area contributed by atoms with E-state index in [4.69, 9.17) is 8.85 Å². The molecule has 4 nitrogen and oxygen atoms in total. The summed E-state index contributed by atoms with van der Waals surface area (Å²) in [5, 5.41) is 0. The van der Waals surface area contributed by atoms with Crippen molar-refractivity contribution in [1.82, 2.24) is 4.57 Å². The molecule has 1 heterocycles. The predicted molar refractivity (Wildman–Crippen MR) is 95.9 cm³/mol. The first kappa shape index (κ1) is 19.1. The summed E-state index contributed by atoms with van der Waals surface area (Å²) in [5.41, 5.74) is 0. The monoisotopic (exact) mass is 347 g/mol. The van der Waals surface area contributed by atoms with Gasteiger partial charge in [0.25, 0.3) is 0 Å². The lowest BCUT2D eigenvalue weighted by atomic mass is 10.2. The largest absolute Gasteiger partial charge is 0.519 e. The van der Waals surface area contributed by atoms with Crippen molar-refractivity contribution >= 4 is 30.8 Å². The zero-order valence-electron chi connectivity index (χ0n) is 15.2. The number of carbonyl (C=O) groups is 1. The summed E-state index contributed by atoms with van der Waals surface area (Å²) in [6.07, 6.45) is 1.91. The molecule has 0 spiro atoms. The van der Waals surface area contributed by atoms with Crippen molar-refractivity contribution in [2.75, 3.05) is 0 Å². The van der Waals surface area contributed by atoms with Crippen LogP contribution in [0.25, 0.3) is 0 Å². The van der Waals surface area contributed by atoms with Crippen LogP contribution in [0, 0.1) is 0 Å². The molecular formula is C14H33NO3Si3. The summed E-state index contributed by atoms with van der Waals surface area (Å²) in [4.78, 5) is 12.6. The van der Waals surface area contributed by atoms with E-state index in [-0.39, 0.29) is 18.2 Å². The maximum absolute atomic E-state index is 12.6. The quantitative estimate of drug-likeness (QED) is 0.708. The molecule has 1 rings (SSSR count). The number of nitrogens with zero attached hydrogens (tertiary/aromatic N) is 1. The van der Waals surface area contributed by atoms with Crippen LogP contribution in [0.4, 0.5) is 0 Å². The highest BCUT2D eigenvalue weighted by Crippen LogP contribution is 2.33. The molecule has 1 fully saturated rings. The lowest BCUT2D eigenvalue weighted by Crippen LogP contribution is -2.58. The van der Waals surface area contributed by atoms with Crippen LogP contribution in [-0.4, -0.2) is 47.7 Å². The Labute approximate surface area is 133 Å². The molecule has 7 heteroatoms. The van der Waals surface area contributed by atoms with E-state index in [9.17, 15) is 4.79 Å². The van der Waals surface area contributed by atoms with Crippen molar-refractivity contribution in [3.8, 4) is 0 Å². The van der Waals surface area contributed by atoms with Gasteiger partial charge in [0.05, 0.1) is 6.23 Å². The third kappa shape index (κ3) is 5.97. The highest BCUT2D eigenvalue weighted by molar-refractivity contribution is 6.74. The first-order valence-electron chi connectivity index (χ1n) is 7.90. The minimum absolute atomic E-state index is 0.0294. The summed E-state index contributed by atoms with van der Waals surface area (Å²) >= 11 is 0. The molecule has 0 aliphatic carbocycles. The van der Waals surface area contributed by atoms with E-state index >= 15 is 0 Å². The Morgan fingerprint density at radius 3 is 1.81 bits per heavy atom. The molecule has 0 radical (unpaired) electrons. The van der Waals surface area contributed by atoms with Crippen molar-refractivity contribution in [2.24, 2.45) is 0 Å². The summed E-state index contributed by atoms with van der Waals surface area (Å²) in [5.74, 6) is -0.0294. The van der Waals surface area contributed by atoms with Crippen molar-refractivity contribution in [1.29, 1.82) is 0 Å². The minimum Gasteiger partial charge on any atom is -0.519 e. The second kappa shape index (κ2) is 6.27. The van der Waals surface area contributed by atoms with Crippen LogP contribution in [0.3, 0.4) is 0 Å². The van der Waals surface area contributed by atoms with Gasteiger partial charge in [0.1, 0.15) is 14.3 Å². The first-order chi connectivity index (χ1) is 9.21. The zero-order valence-corrected chi connectivity index (χ0v) is 18.2. The topological polar surface area (TPSA) is 38.8 Å². The first-order valence-corrected chi connectivity index (χ1v) is 18.2. The van der Waals surface area contributed by atoms with Crippen LogP contribution in [0.15, 0.2) is 0 Å². The van der Waals surface area contributed by atoms with Crippen LogP contribution < -0.4 is 0 Å². The van der Waals surface area contributed by atoms with E-state index in [1.54, 1.807) is 0 Å². The minimum atomic E-state index is -1.84. The SMILES string of the molecule is C[Si](C)(C)OC(=O)[C@@H]1CCC(O[Si](C)(C)C)N1[Si](C)(C)C. The fraction of sp³-hybridized carbons (Fsp3) is 0.929. The predicted octanol–water partition coefficient (Wildman–Crippen LogP) is 3.84. The third-order valence-corrected chi connectivity index (χ3v) is 7.22. The molecule has 124 valence electrons. The van der Waals surface area contributed by atoms with Gasteiger partial charge >= 0.3 is 5.97 Å². The van der Waals surface area contributed by atoms with Crippen molar-refractivity contribution in [3.05, 3.63) is 0 Å². The fourth-order valence-corrected chi connectivity index (χ4v) is 6.91. The molecule has 0 saturated carbocycles. The van der Waals surface area contributed by atoms with Crippen molar-refractivity contribution in [3.63, 3.8) is 0 Å². The molecular weight excluding hydrogens is 314 g/mol. The second-order valence-electron chi connectivity index (χ2n) is 8.89.